The van der Waals surface area contributed by atoms with E-state index in [-0.39, 0.29) is 0 Å². The molecule has 2 rings (SSSR count). The van der Waals surface area contributed by atoms with Crippen molar-refractivity contribution in [2.24, 2.45) is 0 Å². The normalized spacial score (nSPS) is 10.1. The minimum Gasteiger partial charge on any atom is -0.399 e. The smallest absolute Gasteiger partial charge is 0.0629 e. The number of benzene rings is 2. The minimum atomic E-state index is 0.742. The van der Waals surface area contributed by atoms with Crippen LogP contribution < -0.4 is 16.8 Å². The Bertz CT molecular complexity index is 506. The van der Waals surface area contributed by atoms with E-state index >= 15 is 0 Å². The SMILES string of the molecule is CNc1cccc(-c2cccc(N)c2)c1N. The summed E-state index contributed by atoms with van der Waals surface area (Å²) < 4.78 is 0. The van der Waals surface area contributed by atoms with E-state index in [1.54, 1.807) is 0 Å². The molecule has 0 bridgehead atoms. The van der Waals surface area contributed by atoms with Crippen molar-refractivity contribution in [3.05, 3.63) is 42.5 Å². The Kier molecular flexibility index (Phi) is 2.68. The van der Waals surface area contributed by atoms with Crippen molar-refractivity contribution < 1.29 is 0 Å². The second-order valence-electron chi connectivity index (χ2n) is 3.64. The van der Waals surface area contributed by atoms with Gasteiger partial charge in [-0.1, -0.05) is 24.3 Å². The van der Waals surface area contributed by atoms with E-state index in [4.69, 9.17) is 11.5 Å². The molecule has 2 aromatic rings. The van der Waals surface area contributed by atoms with Crippen LogP contribution >= 0.6 is 0 Å². The van der Waals surface area contributed by atoms with Crippen molar-refractivity contribution in [1.82, 2.24) is 0 Å². The zero-order chi connectivity index (χ0) is 11.5. The van der Waals surface area contributed by atoms with Gasteiger partial charge in [0, 0.05) is 18.3 Å². The van der Waals surface area contributed by atoms with Gasteiger partial charge in [0.05, 0.1) is 11.4 Å². The van der Waals surface area contributed by atoms with E-state index in [0.717, 1.165) is 28.2 Å². The van der Waals surface area contributed by atoms with Crippen LogP contribution in [0.5, 0.6) is 0 Å². The maximum atomic E-state index is 6.07. The molecule has 0 amide bonds. The maximum Gasteiger partial charge on any atom is 0.0629 e. The summed E-state index contributed by atoms with van der Waals surface area (Å²) in [5, 5.41) is 3.06. The van der Waals surface area contributed by atoms with Gasteiger partial charge in [-0.3, -0.25) is 0 Å². The van der Waals surface area contributed by atoms with Gasteiger partial charge in [-0.2, -0.15) is 0 Å². The van der Waals surface area contributed by atoms with E-state index in [2.05, 4.69) is 5.32 Å². The van der Waals surface area contributed by atoms with Gasteiger partial charge >= 0.3 is 0 Å². The number of hydrogen-bond acceptors (Lipinski definition) is 3. The first-order valence-corrected chi connectivity index (χ1v) is 5.14. The van der Waals surface area contributed by atoms with Gasteiger partial charge in [-0.05, 0) is 23.8 Å². The number of nitrogen functional groups attached to an aromatic ring is 2. The first kappa shape index (κ1) is 10.4. The molecule has 0 radical (unpaired) electrons. The van der Waals surface area contributed by atoms with Crippen LogP contribution in [0.2, 0.25) is 0 Å². The van der Waals surface area contributed by atoms with Gasteiger partial charge < -0.3 is 16.8 Å². The Labute approximate surface area is 95.1 Å². The Morgan fingerprint density at radius 1 is 1.00 bits per heavy atom. The molecule has 16 heavy (non-hydrogen) atoms. The van der Waals surface area contributed by atoms with Gasteiger partial charge in [0.25, 0.3) is 0 Å². The lowest BCUT2D eigenvalue weighted by molar-refractivity contribution is 1.50. The molecular weight excluding hydrogens is 198 g/mol. The molecule has 0 aliphatic heterocycles. The second kappa shape index (κ2) is 4.14. The third-order valence-electron chi connectivity index (χ3n) is 2.57. The van der Waals surface area contributed by atoms with Crippen molar-refractivity contribution in [3.8, 4) is 11.1 Å². The number of para-hydroxylation sites is 1. The maximum absolute atomic E-state index is 6.07. The molecule has 0 atom stereocenters. The Balaban J connectivity index is 2.56. The van der Waals surface area contributed by atoms with Crippen molar-refractivity contribution in [1.29, 1.82) is 0 Å². The molecule has 0 saturated heterocycles. The molecule has 0 aromatic heterocycles. The Morgan fingerprint density at radius 3 is 2.44 bits per heavy atom. The number of nitrogens with one attached hydrogen (secondary N) is 1. The van der Waals surface area contributed by atoms with Crippen LogP contribution in [-0.2, 0) is 0 Å². The number of anilines is 3. The molecule has 0 heterocycles. The summed E-state index contributed by atoms with van der Waals surface area (Å²) in [6.45, 7) is 0. The van der Waals surface area contributed by atoms with Crippen molar-refractivity contribution in [3.63, 3.8) is 0 Å². The molecule has 82 valence electrons. The monoisotopic (exact) mass is 213 g/mol. The van der Waals surface area contributed by atoms with Crippen molar-refractivity contribution >= 4 is 17.1 Å². The standard InChI is InChI=1S/C13H15N3/c1-16-12-7-3-6-11(13(12)15)9-4-2-5-10(14)8-9/h2-8,16H,14-15H2,1H3. The van der Waals surface area contributed by atoms with Crippen LogP contribution in [0, 0.1) is 0 Å². The lowest BCUT2D eigenvalue weighted by atomic mass is 10.0. The van der Waals surface area contributed by atoms with Gasteiger partial charge in [-0.15, -0.1) is 0 Å². The summed E-state index contributed by atoms with van der Waals surface area (Å²) in [4.78, 5) is 0. The first-order chi connectivity index (χ1) is 7.72. The molecule has 3 nitrogen and oxygen atoms in total. The summed E-state index contributed by atoms with van der Waals surface area (Å²) in [5.41, 5.74) is 16.3. The summed E-state index contributed by atoms with van der Waals surface area (Å²) in [5.74, 6) is 0. The summed E-state index contributed by atoms with van der Waals surface area (Å²) >= 11 is 0. The average Bonchev–Trinajstić information content (AvgIpc) is 2.29. The zero-order valence-electron chi connectivity index (χ0n) is 9.20. The highest BCUT2D eigenvalue weighted by Gasteiger charge is 2.05. The number of hydrogen-bond donors (Lipinski definition) is 3. The third-order valence-corrected chi connectivity index (χ3v) is 2.57. The largest absolute Gasteiger partial charge is 0.399 e. The average molecular weight is 213 g/mol. The van der Waals surface area contributed by atoms with Crippen LogP contribution in [-0.4, -0.2) is 7.05 Å². The Hall–Kier alpha value is -2.16. The highest BCUT2D eigenvalue weighted by Crippen LogP contribution is 2.32. The van der Waals surface area contributed by atoms with E-state index in [0.29, 0.717) is 0 Å². The molecular formula is C13H15N3. The fraction of sp³-hybridized carbons (Fsp3) is 0.0769. The number of rotatable bonds is 2. The topological polar surface area (TPSA) is 64.1 Å². The van der Waals surface area contributed by atoms with E-state index < -0.39 is 0 Å². The van der Waals surface area contributed by atoms with Crippen LogP contribution in [0.15, 0.2) is 42.5 Å². The summed E-state index contributed by atoms with van der Waals surface area (Å²) in [6, 6.07) is 13.6. The lowest BCUT2D eigenvalue weighted by Crippen LogP contribution is -1.97. The van der Waals surface area contributed by atoms with Gasteiger partial charge in [0.2, 0.25) is 0 Å². The molecule has 3 heteroatoms. The zero-order valence-corrected chi connectivity index (χ0v) is 9.20. The van der Waals surface area contributed by atoms with Crippen LogP contribution in [0.4, 0.5) is 17.1 Å². The van der Waals surface area contributed by atoms with Crippen molar-refractivity contribution in [2.75, 3.05) is 23.8 Å². The molecule has 0 aliphatic carbocycles. The molecule has 0 aliphatic rings. The molecule has 2 aromatic carbocycles. The molecule has 0 unspecified atom stereocenters. The fourth-order valence-electron chi connectivity index (χ4n) is 1.74. The minimum absolute atomic E-state index is 0.742. The van der Waals surface area contributed by atoms with Crippen LogP contribution in [0.3, 0.4) is 0 Å². The van der Waals surface area contributed by atoms with Gasteiger partial charge in [0.15, 0.2) is 0 Å². The number of nitrogens with two attached hydrogens (primary N) is 2. The lowest BCUT2D eigenvalue weighted by Gasteiger charge is -2.11. The van der Waals surface area contributed by atoms with Crippen molar-refractivity contribution in [2.45, 2.75) is 0 Å². The van der Waals surface area contributed by atoms with Crippen LogP contribution in [0.25, 0.3) is 11.1 Å². The van der Waals surface area contributed by atoms with Gasteiger partial charge in [0.1, 0.15) is 0 Å². The van der Waals surface area contributed by atoms with E-state index in [1.807, 2.05) is 49.5 Å². The van der Waals surface area contributed by atoms with Crippen LogP contribution in [0.1, 0.15) is 0 Å². The van der Waals surface area contributed by atoms with Gasteiger partial charge in [-0.25, -0.2) is 0 Å². The second-order valence-corrected chi connectivity index (χ2v) is 3.64. The Morgan fingerprint density at radius 2 is 1.75 bits per heavy atom. The highest BCUT2D eigenvalue weighted by atomic mass is 14.8. The van der Waals surface area contributed by atoms with E-state index in [1.165, 1.54) is 0 Å². The predicted molar refractivity (Wildman–Crippen MR) is 70.2 cm³/mol. The first-order valence-electron chi connectivity index (χ1n) is 5.14. The highest BCUT2D eigenvalue weighted by molar-refractivity contribution is 5.86. The summed E-state index contributed by atoms with van der Waals surface area (Å²) in [7, 11) is 1.86. The van der Waals surface area contributed by atoms with E-state index in [9.17, 15) is 0 Å². The molecule has 0 fully saturated rings. The summed E-state index contributed by atoms with van der Waals surface area (Å²) in [6.07, 6.45) is 0. The predicted octanol–water partition coefficient (Wildman–Crippen LogP) is 2.56. The molecule has 0 spiro atoms. The fourth-order valence-corrected chi connectivity index (χ4v) is 1.74. The molecule has 5 N–H and O–H groups in total. The molecule has 0 saturated carbocycles. The quantitative estimate of drug-likeness (QED) is 0.672. The third kappa shape index (κ3) is 1.80.